The molecule has 31 heavy (non-hydrogen) atoms. The fourth-order valence-corrected chi connectivity index (χ4v) is 4.30. The molecule has 0 saturated heterocycles. The van der Waals surface area contributed by atoms with Crippen molar-refractivity contribution in [1.29, 1.82) is 0 Å². The van der Waals surface area contributed by atoms with Crippen LogP contribution in [0.25, 0.3) is 16.6 Å². The third-order valence-corrected chi connectivity index (χ3v) is 6.07. The Bertz CT molecular complexity index is 1270. The van der Waals surface area contributed by atoms with Gasteiger partial charge < -0.3 is 10.5 Å². The summed E-state index contributed by atoms with van der Waals surface area (Å²) in [6, 6.07) is 5.95. The van der Waals surface area contributed by atoms with E-state index >= 15 is 0 Å². The molecule has 4 rings (SSSR count). The molecule has 0 unspecified atom stereocenters. The van der Waals surface area contributed by atoms with Crippen LogP contribution < -0.4 is 10.5 Å². The van der Waals surface area contributed by atoms with Crippen molar-refractivity contribution in [3.63, 3.8) is 0 Å². The van der Waals surface area contributed by atoms with E-state index in [0.29, 0.717) is 28.1 Å². The summed E-state index contributed by atoms with van der Waals surface area (Å²) in [5.74, 6) is 1.64. The average Bonchev–Trinajstić information content (AvgIpc) is 3.09. The van der Waals surface area contributed by atoms with Crippen LogP contribution >= 0.6 is 23.2 Å². The summed E-state index contributed by atoms with van der Waals surface area (Å²) in [4.78, 5) is 13.2. The van der Waals surface area contributed by atoms with Gasteiger partial charge in [0.2, 0.25) is 0 Å². The van der Waals surface area contributed by atoms with Gasteiger partial charge in [0.1, 0.15) is 17.1 Å². The van der Waals surface area contributed by atoms with E-state index in [4.69, 9.17) is 33.7 Å². The van der Waals surface area contributed by atoms with Crippen LogP contribution in [0.5, 0.6) is 5.75 Å². The van der Waals surface area contributed by atoms with Crippen LogP contribution in [0.4, 0.5) is 5.82 Å². The Balaban J connectivity index is 1.97. The molecule has 3 heterocycles. The number of fused-ring (bicyclic) bond motifs is 1. The second-order valence-corrected chi connectivity index (χ2v) is 8.18. The van der Waals surface area contributed by atoms with Gasteiger partial charge in [0, 0.05) is 51.9 Å². The summed E-state index contributed by atoms with van der Waals surface area (Å²) in [6.07, 6.45) is 5.28. The lowest BCUT2D eigenvalue weighted by molar-refractivity contribution is 0.336. The molecule has 0 aliphatic heterocycles. The van der Waals surface area contributed by atoms with E-state index in [1.807, 2.05) is 56.5 Å². The minimum atomic E-state index is -0.182. The van der Waals surface area contributed by atoms with Crippen molar-refractivity contribution in [2.24, 2.45) is 0 Å². The SMILES string of the molecule is CCOc1c([C@H](C)c2nc(Cl)c3c(N)nccn23)cc(Cl)c(C)c1-c1ccc(C)nc1. The molecule has 160 valence electrons. The lowest BCUT2D eigenvalue weighted by Gasteiger charge is -2.22. The average molecular weight is 456 g/mol. The Kier molecular flexibility index (Phi) is 5.77. The van der Waals surface area contributed by atoms with Gasteiger partial charge in [-0.1, -0.05) is 36.2 Å². The third kappa shape index (κ3) is 3.70. The summed E-state index contributed by atoms with van der Waals surface area (Å²) in [7, 11) is 0. The number of rotatable bonds is 5. The zero-order chi connectivity index (χ0) is 22.3. The van der Waals surface area contributed by atoms with Gasteiger partial charge in [0.25, 0.3) is 0 Å². The number of pyridine rings is 1. The van der Waals surface area contributed by atoms with Crippen molar-refractivity contribution in [3.05, 3.63) is 69.6 Å². The summed E-state index contributed by atoms with van der Waals surface area (Å²) >= 11 is 13.1. The zero-order valence-corrected chi connectivity index (χ0v) is 19.3. The van der Waals surface area contributed by atoms with Crippen LogP contribution in [0.1, 0.15) is 42.4 Å². The summed E-state index contributed by atoms with van der Waals surface area (Å²) < 4.78 is 8.05. The smallest absolute Gasteiger partial charge is 0.158 e. The van der Waals surface area contributed by atoms with Gasteiger partial charge in [-0.15, -0.1) is 0 Å². The lowest BCUT2D eigenvalue weighted by atomic mass is 9.91. The number of nitrogens with two attached hydrogens (primary N) is 1. The monoisotopic (exact) mass is 455 g/mol. The molecule has 2 N–H and O–H groups in total. The molecule has 8 heteroatoms. The number of nitrogens with zero attached hydrogens (tertiary/aromatic N) is 4. The largest absolute Gasteiger partial charge is 0.493 e. The molecule has 0 aliphatic rings. The highest BCUT2D eigenvalue weighted by Crippen LogP contribution is 2.44. The van der Waals surface area contributed by atoms with Gasteiger partial charge >= 0.3 is 0 Å². The van der Waals surface area contributed by atoms with Crippen molar-refractivity contribution >= 4 is 34.5 Å². The highest BCUT2D eigenvalue weighted by molar-refractivity contribution is 6.33. The van der Waals surface area contributed by atoms with E-state index < -0.39 is 0 Å². The zero-order valence-electron chi connectivity index (χ0n) is 17.8. The van der Waals surface area contributed by atoms with Gasteiger partial charge in [0.15, 0.2) is 11.0 Å². The maximum absolute atomic E-state index is 6.69. The standard InChI is InChI=1S/C23H23Cl2N5O/c1-5-31-20-16(10-17(24)14(4)18(20)15-7-6-12(2)28-11-15)13(3)23-29-21(25)19-22(26)27-8-9-30(19)23/h6-11,13H,5H2,1-4H3,(H2,26,27)/t13-/m0/s1. The summed E-state index contributed by atoms with van der Waals surface area (Å²) in [5, 5.41) is 0.959. The van der Waals surface area contributed by atoms with E-state index in [-0.39, 0.29) is 5.92 Å². The van der Waals surface area contributed by atoms with Gasteiger partial charge in [-0.3, -0.25) is 9.38 Å². The Morgan fingerprint density at radius 1 is 1.19 bits per heavy atom. The molecule has 1 atom stereocenters. The minimum Gasteiger partial charge on any atom is -0.493 e. The number of imidazole rings is 1. The molecule has 1 aromatic carbocycles. The first-order valence-electron chi connectivity index (χ1n) is 10.00. The molecule has 0 amide bonds. The molecular formula is C23H23Cl2N5O. The van der Waals surface area contributed by atoms with Crippen LogP contribution in [-0.4, -0.2) is 26.0 Å². The van der Waals surface area contributed by atoms with Gasteiger partial charge in [0.05, 0.1) is 6.61 Å². The van der Waals surface area contributed by atoms with Crippen LogP contribution in [0.15, 0.2) is 36.8 Å². The molecule has 0 spiro atoms. The number of hydrogen-bond donors (Lipinski definition) is 1. The first kappa shape index (κ1) is 21.4. The van der Waals surface area contributed by atoms with Crippen LogP contribution in [0.2, 0.25) is 10.2 Å². The minimum absolute atomic E-state index is 0.182. The number of anilines is 1. The fraction of sp³-hybridized carbons (Fsp3) is 0.261. The Morgan fingerprint density at radius 2 is 1.97 bits per heavy atom. The highest BCUT2D eigenvalue weighted by atomic mass is 35.5. The second-order valence-electron chi connectivity index (χ2n) is 7.41. The van der Waals surface area contributed by atoms with Crippen molar-refractivity contribution in [2.45, 2.75) is 33.6 Å². The van der Waals surface area contributed by atoms with Gasteiger partial charge in [-0.05, 0) is 38.5 Å². The van der Waals surface area contributed by atoms with Crippen LogP contribution in [-0.2, 0) is 0 Å². The van der Waals surface area contributed by atoms with E-state index in [1.54, 1.807) is 12.4 Å². The molecular weight excluding hydrogens is 433 g/mol. The number of benzene rings is 1. The van der Waals surface area contributed by atoms with Crippen molar-refractivity contribution < 1.29 is 4.74 Å². The fourth-order valence-electron chi connectivity index (χ4n) is 3.82. The molecule has 0 aliphatic carbocycles. The number of aryl methyl sites for hydroxylation is 1. The van der Waals surface area contributed by atoms with E-state index in [2.05, 4.69) is 15.0 Å². The number of aromatic nitrogens is 4. The van der Waals surface area contributed by atoms with E-state index in [0.717, 1.165) is 39.5 Å². The second kappa shape index (κ2) is 8.36. The maximum atomic E-state index is 6.69. The Hall–Kier alpha value is -2.83. The number of hydrogen-bond acceptors (Lipinski definition) is 5. The third-order valence-electron chi connectivity index (χ3n) is 5.42. The van der Waals surface area contributed by atoms with E-state index in [9.17, 15) is 0 Å². The van der Waals surface area contributed by atoms with Crippen molar-refractivity contribution in [3.8, 4) is 16.9 Å². The molecule has 0 bridgehead atoms. The van der Waals surface area contributed by atoms with Gasteiger partial charge in [-0.25, -0.2) is 9.97 Å². The first-order valence-corrected chi connectivity index (χ1v) is 10.8. The molecule has 0 saturated carbocycles. The van der Waals surface area contributed by atoms with Crippen LogP contribution in [0.3, 0.4) is 0 Å². The number of ether oxygens (including phenoxy) is 1. The van der Waals surface area contributed by atoms with Gasteiger partial charge in [-0.2, -0.15) is 0 Å². The number of halogens is 2. The molecule has 0 radical (unpaired) electrons. The topological polar surface area (TPSA) is 78.3 Å². The number of nitrogen functional groups attached to an aromatic ring is 1. The van der Waals surface area contributed by atoms with Crippen molar-refractivity contribution in [2.75, 3.05) is 12.3 Å². The quantitative estimate of drug-likeness (QED) is 0.408. The van der Waals surface area contributed by atoms with E-state index in [1.165, 1.54) is 0 Å². The molecule has 0 fully saturated rings. The molecule has 6 nitrogen and oxygen atoms in total. The normalized spacial score (nSPS) is 12.3. The lowest BCUT2D eigenvalue weighted by Crippen LogP contribution is -2.08. The Labute approximate surface area is 191 Å². The van der Waals surface area contributed by atoms with Crippen molar-refractivity contribution in [1.82, 2.24) is 19.4 Å². The highest BCUT2D eigenvalue weighted by Gasteiger charge is 2.26. The predicted molar refractivity (Wildman–Crippen MR) is 125 cm³/mol. The predicted octanol–water partition coefficient (Wildman–Crippen LogP) is 5.85. The maximum Gasteiger partial charge on any atom is 0.158 e. The molecule has 4 aromatic rings. The first-order chi connectivity index (χ1) is 14.8. The Morgan fingerprint density at radius 3 is 2.65 bits per heavy atom. The summed E-state index contributed by atoms with van der Waals surface area (Å²) in [6.45, 7) is 8.46. The summed E-state index contributed by atoms with van der Waals surface area (Å²) in [5.41, 5.74) is 11.3. The van der Waals surface area contributed by atoms with Crippen LogP contribution in [0, 0.1) is 13.8 Å². The molecule has 3 aromatic heterocycles.